The van der Waals surface area contributed by atoms with Crippen molar-refractivity contribution in [3.8, 4) is 0 Å². The zero-order valence-electron chi connectivity index (χ0n) is 11.1. The quantitative estimate of drug-likeness (QED) is 0.803. The van der Waals surface area contributed by atoms with Crippen LogP contribution in [-0.4, -0.2) is 13.1 Å². The maximum absolute atomic E-state index is 3.56. The van der Waals surface area contributed by atoms with Gasteiger partial charge in [-0.25, -0.2) is 0 Å². The normalized spacial score (nSPS) is 26.2. The fourth-order valence-corrected chi connectivity index (χ4v) is 3.94. The molecule has 1 aromatic heterocycles. The molecule has 17 heavy (non-hydrogen) atoms. The Kier molecular flexibility index (Phi) is 5.05. The lowest BCUT2D eigenvalue weighted by Gasteiger charge is -2.23. The van der Waals surface area contributed by atoms with Crippen LogP contribution in [0.25, 0.3) is 0 Å². The summed E-state index contributed by atoms with van der Waals surface area (Å²) in [5.74, 6) is 1.92. The van der Waals surface area contributed by atoms with E-state index in [4.69, 9.17) is 0 Å². The van der Waals surface area contributed by atoms with Crippen LogP contribution in [0, 0.1) is 11.8 Å². The van der Waals surface area contributed by atoms with Crippen LogP contribution in [0.4, 0.5) is 0 Å². The second-order valence-corrected chi connectivity index (χ2v) is 6.39. The summed E-state index contributed by atoms with van der Waals surface area (Å²) < 4.78 is 0. The van der Waals surface area contributed by atoms with E-state index in [9.17, 15) is 0 Å². The first kappa shape index (κ1) is 13.1. The summed E-state index contributed by atoms with van der Waals surface area (Å²) in [6.07, 6.45) is 8.27. The van der Waals surface area contributed by atoms with Gasteiger partial charge in [-0.2, -0.15) is 0 Å². The minimum Gasteiger partial charge on any atom is -0.317 e. The molecule has 1 nitrogen and oxygen atoms in total. The van der Waals surface area contributed by atoms with Crippen molar-refractivity contribution in [2.45, 2.75) is 51.5 Å². The maximum atomic E-state index is 3.56. The van der Waals surface area contributed by atoms with Gasteiger partial charge in [-0.05, 0) is 56.0 Å². The monoisotopic (exact) mass is 251 g/mol. The van der Waals surface area contributed by atoms with Crippen LogP contribution < -0.4 is 5.32 Å². The van der Waals surface area contributed by atoms with E-state index in [1.807, 2.05) is 11.3 Å². The van der Waals surface area contributed by atoms with Crippen molar-refractivity contribution >= 4 is 11.3 Å². The first-order valence-corrected chi connectivity index (χ1v) is 7.91. The highest BCUT2D eigenvalue weighted by atomic mass is 32.1. The molecule has 1 fully saturated rings. The van der Waals surface area contributed by atoms with Gasteiger partial charge in [0.15, 0.2) is 0 Å². The van der Waals surface area contributed by atoms with Gasteiger partial charge in [-0.1, -0.05) is 25.8 Å². The highest BCUT2D eigenvalue weighted by Gasteiger charge is 2.28. The molecule has 0 saturated heterocycles. The topological polar surface area (TPSA) is 12.0 Å². The highest BCUT2D eigenvalue weighted by molar-refractivity contribution is 7.09. The minimum absolute atomic E-state index is 0.730. The van der Waals surface area contributed by atoms with Gasteiger partial charge in [-0.15, -0.1) is 11.3 Å². The van der Waals surface area contributed by atoms with Crippen LogP contribution >= 0.6 is 11.3 Å². The fourth-order valence-electron chi connectivity index (χ4n) is 3.22. The smallest absolute Gasteiger partial charge is 0.00958 e. The molecule has 0 bridgehead atoms. The molecule has 1 saturated carbocycles. The Hall–Kier alpha value is -0.340. The number of hydrogen-bond acceptors (Lipinski definition) is 2. The molecule has 0 aliphatic heterocycles. The lowest BCUT2D eigenvalue weighted by atomic mass is 9.92. The second kappa shape index (κ2) is 6.55. The van der Waals surface area contributed by atoms with E-state index in [1.165, 1.54) is 43.4 Å². The third-order valence-electron chi connectivity index (χ3n) is 4.38. The summed E-state index contributed by atoms with van der Waals surface area (Å²) >= 11 is 1.90. The van der Waals surface area contributed by atoms with E-state index < -0.39 is 0 Å². The second-order valence-electron chi connectivity index (χ2n) is 5.36. The molecule has 96 valence electrons. The summed E-state index contributed by atoms with van der Waals surface area (Å²) in [6, 6.07) is 5.16. The predicted molar refractivity (Wildman–Crippen MR) is 76.6 cm³/mol. The predicted octanol–water partition coefficient (Wildman–Crippen LogP) is 4.10. The van der Waals surface area contributed by atoms with Crippen LogP contribution in [0.15, 0.2) is 17.5 Å². The Morgan fingerprint density at radius 2 is 2.35 bits per heavy atom. The largest absolute Gasteiger partial charge is 0.317 e. The average molecular weight is 251 g/mol. The first-order valence-electron chi connectivity index (χ1n) is 7.03. The fraction of sp³-hybridized carbons (Fsp3) is 0.733. The molecule has 0 spiro atoms. The molecular weight excluding hydrogens is 226 g/mol. The molecule has 1 aliphatic rings. The number of aryl methyl sites for hydroxylation is 1. The minimum atomic E-state index is 0.730. The van der Waals surface area contributed by atoms with Crippen LogP contribution in [0.5, 0.6) is 0 Å². The Morgan fingerprint density at radius 3 is 2.94 bits per heavy atom. The molecular formula is C15H25NS. The molecule has 1 N–H and O–H groups in total. The summed E-state index contributed by atoms with van der Waals surface area (Å²) in [6.45, 7) is 2.34. The van der Waals surface area contributed by atoms with Crippen molar-refractivity contribution in [1.82, 2.24) is 5.32 Å². The Bertz CT molecular complexity index is 307. The maximum Gasteiger partial charge on any atom is 0.00958 e. The molecule has 1 aliphatic carbocycles. The molecule has 0 amide bonds. The van der Waals surface area contributed by atoms with Gasteiger partial charge < -0.3 is 5.32 Å². The van der Waals surface area contributed by atoms with Crippen LogP contribution in [-0.2, 0) is 6.42 Å². The van der Waals surface area contributed by atoms with Crippen molar-refractivity contribution in [1.29, 1.82) is 0 Å². The van der Waals surface area contributed by atoms with Crippen LogP contribution in [0.1, 0.15) is 43.9 Å². The third kappa shape index (κ3) is 3.56. The summed E-state index contributed by atoms with van der Waals surface area (Å²) in [7, 11) is 2.14. The Balaban J connectivity index is 1.80. The Labute approximate surface area is 110 Å². The van der Waals surface area contributed by atoms with Crippen molar-refractivity contribution in [3.63, 3.8) is 0 Å². The van der Waals surface area contributed by atoms with E-state index in [1.54, 1.807) is 0 Å². The molecule has 2 rings (SSSR count). The average Bonchev–Trinajstić information content (AvgIpc) is 3.00. The van der Waals surface area contributed by atoms with Gasteiger partial charge in [0.1, 0.15) is 0 Å². The van der Waals surface area contributed by atoms with E-state index in [-0.39, 0.29) is 0 Å². The SMILES string of the molecule is CCC1CCC(C(CCc2cccs2)NC)C1. The first-order chi connectivity index (χ1) is 8.33. The van der Waals surface area contributed by atoms with Crippen LogP contribution in [0.3, 0.4) is 0 Å². The van der Waals surface area contributed by atoms with Gasteiger partial charge in [0.25, 0.3) is 0 Å². The molecule has 3 atom stereocenters. The number of thiophene rings is 1. The summed E-state index contributed by atoms with van der Waals surface area (Å²) in [4.78, 5) is 1.54. The summed E-state index contributed by atoms with van der Waals surface area (Å²) in [5, 5.41) is 5.74. The van der Waals surface area contributed by atoms with Crippen molar-refractivity contribution in [3.05, 3.63) is 22.4 Å². The van der Waals surface area contributed by atoms with E-state index in [2.05, 4.69) is 36.8 Å². The van der Waals surface area contributed by atoms with Crippen molar-refractivity contribution in [2.24, 2.45) is 11.8 Å². The molecule has 1 aromatic rings. The third-order valence-corrected chi connectivity index (χ3v) is 5.32. The van der Waals surface area contributed by atoms with Gasteiger partial charge in [0.05, 0.1) is 0 Å². The number of hydrogen-bond donors (Lipinski definition) is 1. The van der Waals surface area contributed by atoms with Gasteiger partial charge in [0.2, 0.25) is 0 Å². The lowest BCUT2D eigenvalue weighted by Crippen LogP contribution is -2.32. The van der Waals surface area contributed by atoms with Gasteiger partial charge >= 0.3 is 0 Å². The molecule has 1 heterocycles. The summed E-state index contributed by atoms with van der Waals surface area (Å²) in [5.41, 5.74) is 0. The van der Waals surface area contributed by atoms with Gasteiger partial charge in [0, 0.05) is 10.9 Å². The molecule has 0 radical (unpaired) electrons. The molecule has 2 heteroatoms. The van der Waals surface area contributed by atoms with Crippen molar-refractivity contribution in [2.75, 3.05) is 7.05 Å². The van der Waals surface area contributed by atoms with Crippen LogP contribution in [0.2, 0.25) is 0 Å². The zero-order valence-corrected chi connectivity index (χ0v) is 11.9. The van der Waals surface area contributed by atoms with E-state index in [0.717, 1.165) is 17.9 Å². The van der Waals surface area contributed by atoms with E-state index >= 15 is 0 Å². The number of nitrogens with one attached hydrogen (secondary N) is 1. The highest BCUT2D eigenvalue weighted by Crippen LogP contribution is 2.36. The molecule has 0 aromatic carbocycles. The zero-order chi connectivity index (χ0) is 12.1. The van der Waals surface area contributed by atoms with E-state index in [0.29, 0.717) is 0 Å². The Morgan fingerprint density at radius 1 is 1.47 bits per heavy atom. The lowest BCUT2D eigenvalue weighted by molar-refractivity contribution is 0.347. The van der Waals surface area contributed by atoms with Gasteiger partial charge in [-0.3, -0.25) is 0 Å². The molecule has 3 unspecified atom stereocenters. The standard InChI is InChI=1S/C15H25NS/c1-3-12-6-7-13(11-12)15(16-2)9-8-14-5-4-10-17-14/h4-5,10,12-13,15-16H,3,6-9,11H2,1-2H3. The van der Waals surface area contributed by atoms with Crippen molar-refractivity contribution < 1.29 is 0 Å². The number of rotatable bonds is 6.